The lowest BCUT2D eigenvalue weighted by atomic mass is 10.3. The number of aromatic nitrogens is 3. The number of rotatable bonds is 0. The highest BCUT2D eigenvalue weighted by Gasteiger charge is 2.07. The maximum atomic E-state index is 5.73. The van der Waals surface area contributed by atoms with Gasteiger partial charge in [0.1, 0.15) is 5.52 Å². The number of aryl methyl sites for hydroxylation is 1. The third kappa shape index (κ3) is 1.69. The van der Waals surface area contributed by atoms with E-state index >= 15 is 0 Å². The van der Waals surface area contributed by atoms with E-state index in [9.17, 15) is 0 Å². The van der Waals surface area contributed by atoms with Crippen LogP contribution in [0.25, 0.3) is 11.2 Å². The largest absolute Gasteiger partial charge is 0.231 e. The molecular formula is C8H4BrCl2N3. The number of hydrogen-bond acceptors (Lipinski definition) is 3. The zero-order chi connectivity index (χ0) is 10.3. The van der Waals surface area contributed by atoms with Crippen LogP contribution in [0.3, 0.4) is 0 Å². The van der Waals surface area contributed by atoms with Crippen LogP contribution in [0.1, 0.15) is 5.69 Å². The molecule has 0 N–H and O–H groups in total. The molecule has 6 heteroatoms. The van der Waals surface area contributed by atoms with Crippen molar-refractivity contribution in [3.05, 3.63) is 26.5 Å². The summed E-state index contributed by atoms with van der Waals surface area (Å²) < 4.78 is 0.873. The highest BCUT2D eigenvalue weighted by atomic mass is 79.9. The average molecular weight is 293 g/mol. The molecule has 0 spiro atoms. The molecule has 0 atom stereocenters. The molecule has 0 aromatic carbocycles. The summed E-state index contributed by atoms with van der Waals surface area (Å²) in [5.74, 6) is 0. The van der Waals surface area contributed by atoms with E-state index in [4.69, 9.17) is 23.2 Å². The normalized spacial score (nSPS) is 10.9. The van der Waals surface area contributed by atoms with Crippen molar-refractivity contribution < 1.29 is 0 Å². The fourth-order valence-corrected chi connectivity index (χ4v) is 1.58. The summed E-state index contributed by atoms with van der Waals surface area (Å²) in [5.41, 5.74) is 1.96. The van der Waals surface area contributed by atoms with E-state index in [1.807, 2.05) is 13.0 Å². The summed E-state index contributed by atoms with van der Waals surface area (Å²) >= 11 is 14.8. The van der Waals surface area contributed by atoms with Gasteiger partial charge in [0.25, 0.3) is 0 Å². The summed E-state index contributed by atoms with van der Waals surface area (Å²) in [5, 5.41) is 0.366. The number of hydrogen-bond donors (Lipinski definition) is 0. The lowest BCUT2D eigenvalue weighted by Crippen LogP contribution is -1.92. The number of fused-ring (bicyclic) bond motifs is 1. The Balaban J connectivity index is 2.83. The molecular weight excluding hydrogens is 289 g/mol. The maximum absolute atomic E-state index is 5.73. The van der Waals surface area contributed by atoms with Crippen molar-refractivity contribution in [2.75, 3.05) is 0 Å². The molecule has 0 amide bonds. The third-order valence-electron chi connectivity index (χ3n) is 1.70. The summed E-state index contributed by atoms with van der Waals surface area (Å²) in [7, 11) is 0. The monoisotopic (exact) mass is 291 g/mol. The van der Waals surface area contributed by atoms with E-state index in [2.05, 4.69) is 30.9 Å². The Kier molecular flexibility index (Phi) is 2.60. The fraction of sp³-hybridized carbons (Fsp3) is 0.125. The van der Waals surface area contributed by atoms with Crippen LogP contribution >= 0.6 is 39.1 Å². The minimum atomic E-state index is 0.174. The topological polar surface area (TPSA) is 38.7 Å². The summed E-state index contributed by atoms with van der Waals surface area (Å²) in [4.78, 5) is 12.3. The summed E-state index contributed by atoms with van der Waals surface area (Å²) in [6.45, 7) is 1.87. The molecule has 2 rings (SSSR count). The molecule has 3 nitrogen and oxygen atoms in total. The minimum absolute atomic E-state index is 0.174. The molecule has 0 unspecified atom stereocenters. The third-order valence-corrected chi connectivity index (χ3v) is 3.13. The SMILES string of the molecule is Cc1nc2nc(Cl)c(Cl)nc2cc1Br. The van der Waals surface area contributed by atoms with E-state index in [1.54, 1.807) is 0 Å². The molecule has 0 saturated heterocycles. The molecule has 2 heterocycles. The molecule has 2 aromatic heterocycles. The van der Waals surface area contributed by atoms with Crippen LogP contribution < -0.4 is 0 Å². The standard InChI is InChI=1S/C8H4BrCl2N3/c1-3-4(9)2-5-8(12-3)14-7(11)6(10)13-5/h2H,1H3. The van der Waals surface area contributed by atoms with Crippen molar-refractivity contribution in [1.29, 1.82) is 0 Å². The number of halogens is 3. The molecule has 72 valence electrons. The first-order valence-corrected chi connectivity index (χ1v) is 5.28. The second-order valence-electron chi connectivity index (χ2n) is 2.70. The predicted molar refractivity (Wildman–Crippen MR) is 59.8 cm³/mol. The molecule has 0 aliphatic heterocycles. The summed E-state index contributed by atoms with van der Waals surface area (Å²) in [6.07, 6.45) is 0. The van der Waals surface area contributed by atoms with Gasteiger partial charge in [0.15, 0.2) is 16.0 Å². The van der Waals surface area contributed by atoms with Gasteiger partial charge in [-0.05, 0) is 28.9 Å². The van der Waals surface area contributed by atoms with Gasteiger partial charge in [-0.25, -0.2) is 15.0 Å². The first kappa shape index (κ1) is 10.1. The Morgan fingerprint density at radius 3 is 2.50 bits per heavy atom. The zero-order valence-electron chi connectivity index (χ0n) is 7.05. The van der Waals surface area contributed by atoms with Crippen LogP contribution in [0.15, 0.2) is 10.5 Å². The van der Waals surface area contributed by atoms with E-state index in [-0.39, 0.29) is 10.3 Å². The van der Waals surface area contributed by atoms with Gasteiger partial charge in [-0.15, -0.1) is 0 Å². The van der Waals surface area contributed by atoms with Gasteiger partial charge in [-0.1, -0.05) is 23.2 Å². The highest BCUT2D eigenvalue weighted by molar-refractivity contribution is 9.10. The van der Waals surface area contributed by atoms with Crippen LogP contribution in [0, 0.1) is 6.92 Å². The molecule has 0 aliphatic carbocycles. The minimum Gasteiger partial charge on any atom is -0.231 e. The molecule has 0 aliphatic rings. The van der Waals surface area contributed by atoms with E-state index in [0.29, 0.717) is 11.2 Å². The Morgan fingerprint density at radius 1 is 1.14 bits per heavy atom. The van der Waals surface area contributed by atoms with Crippen LogP contribution in [0.2, 0.25) is 10.3 Å². The fourth-order valence-electron chi connectivity index (χ4n) is 1.01. The molecule has 0 bridgehead atoms. The Hall–Kier alpha value is -0.450. The molecule has 0 radical (unpaired) electrons. The van der Waals surface area contributed by atoms with Crippen LogP contribution in [0.4, 0.5) is 0 Å². The van der Waals surface area contributed by atoms with Crippen LogP contribution in [-0.4, -0.2) is 15.0 Å². The van der Waals surface area contributed by atoms with Gasteiger partial charge < -0.3 is 0 Å². The van der Waals surface area contributed by atoms with Gasteiger partial charge in [-0.3, -0.25) is 0 Å². The van der Waals surface area contributed by atoms with Crippen molar-refractivity contribution >= 4 is 50.3 Å². The van der Waals surface area contributed by atoms with Crippen molar-refractivity contribution in [2.45, 2.75) is 6.92 Å². The lowest BCUT2D eigenvalue weighted by molar-refractivity contribution is 1.16. The second kappa shape index (κ2) is 3.61. The smallest absolute Gasteiger partial charge is 0.180 e. The number of nitrogens with zero attached hydrogens (tertiary/aromatic N) is 3. The summed E-state index contributed by atoms with van der Waals surface area (Å²) in [6, 6.07) is 1.81. The van der Waals surface area contributed by atoms with Crippen molar-refractivity contribution in [3.63, 3.8) is 0 Å². The maximum Gasteiger partial charge on any atom is 0.180 e. The average Bonchev–Trinajstić information content (AvgIpc) is 2.11. The van der Waals surface area contributed by atoms with Crippen LogP contribution in [-0.2, 0) is 0 Å². The molecule has 0 fully saturated rings. The van der Waals surface area contributed by atoms with Crippen molar-refractivity contribution in [3.8, 4) is 0 Å². The van der Waals surface area contributed by atoms with Gasteiger partial charge in [0.2, 0.25) is 0 Å². The molecule has 0 saturated carbocycles. The molecule has 2 aromatic rings. The van der Waals surface area contributed by atoms with E-state index in [1.165, 1.54) is 0 Å². The second-order valence-corrected chi connectivity index (χ2v) is 4.27. The zero-order valence-corrected chi connectivity index (χ0v) is 10.2. The van der Waals surface area contributed by atoms with Crippen LogP contribution in [0.5, 0.6) is 0 Å². The van der Waals surface area contributed by atoms with Crippen molar-refractivity contribution in [1.82, 2.24) is 15.0 Å². The van der Waals surface area contributed by atoms with Gasteiger partial charge in [0.05, 0.1) is 5.69 Å². The van der Waals surface area contributed by atoms with Gasteiger partial charge in [-0.2, -0.15) is 0 Å². The molecule has 14 heavy (non-hydrogen) atoms. The Labute approximate surface area is 98.6 Å². The first-order valence-electron chi connectivity index (χ1n) is 3.74. The quantitative estimate of drug-likeness (QED) is 0.747. The Morgan fingerprint density at radius 2 is 1.79 bits per heavy atom. The van der Waals surface area contributed by atoms with E-state index < -0.39 is 0 Å². The van der Waals surface area contributed by atoms with Gasteiger partial charge in [0, 0.05) is 4.47 Å². The predicted octanol–water partition coefficient (Wildman–Crippen LogP) is 3.40. The van der Waals surface area contributed by atoms with Gasteiger partial charge >= 0.3 is 0 Å². The Bertz CT molecular complexity index is 426. The lowest BCUT2D eigenvalue weighted by Gasteiger charge is -2.01. The number of pyridine rings is 1. The highest BCUT2D eigenvalue weighted by Crippen LogP contribution is 2.23. The van der Waals surface area contributed by atoms with Crippen molar-refractivity contribution in [2.24, 2.45) is 0 Å². The first-order chi connectivity index (χ1) is 6.58. The van der Waals surface area contributed by atoms with E-state index in [0.717, 1.165) is 10.2 Å².